The summed E-state index contributed by atoms with van der Waals surface area (Å²) in [6, 6.07) is 24.9. The number of pyridine rings is 1. The summed E-state index contributed by atoms with van der Waals surface area (Å²) in [6.45, 7) is 11.0. The molecule has 4 aromatic heterocycles. The van der Waals surface area contributed by atoms with Gasteiger partial charge in [0.2, 0.25) is 5.95 Å². The van der Waals surface area contributed by atoms with Crippen LogP contribution < -0.4 is 20.6 Å². The van der Waals surface area contributed by atoms with E-state index in [9.17, 15) is 4.79 Å². The van der Waals surface area contributed by atoms with Gasteiger partial charge >= 0.3 is 6.09 Å². The molecule has 0 radical (unpaired) electrons. The van der Waals surface area contributed by atoms with Crippen LogP contribution in [0, 0.1) is 0 Å². The molecule has 4 heterocycles. The van der Waals surface area contributed by atoms with Crippen LogP contribution in [0.4, 0.5) is 16.6 Å². The molecule has 0 saturated carbocycles. The Morgan fingerprint density at radius 1 is 0.980 bits per heavy atom. The molecule has 0 aliphatic carbocycles. The first-order valence-corrected chi connectivity index (χ1v) is 19.0. The molecule has 12 nitrogen and oxygen atoms in total. The van der Waals surface area contributed by atoms with Gasteiger partial charge in [0.15, 0.2) is 17.0 Å². The summed E-state index contributed by atoms with van der Waals surface area (Å²) in [4.78, 5) is 28.4. The second kappa shape index (κ2) is 14.9. The monoisotopic (exact) mass is 711 g/mol. The minimum atomic E-state index is -2.77. The van der Waals surface area contributed by atoms with Gasteiger partial charge in [-0.3, -0.25) is 10.00 Å². The number of carbonyl (C=O) groups is 1. The number of fused-ring (bicyclic) bond motifs is 2. The van der Waals surface area contributed by atoms with E-state index in [0.717, 1.165) is 18.4 Å². The Bertz CT molecular complexity index is 2030. The standard InChI is InChI=1S/C36H42ClN9O3Si/c1-6-7-20-44(21-22-49-50(36(2,3)4,27-14-10-8-11-15-27)28-16-12-9-13-17-28)33-31-29(40-34(41-33)42-35(47)48-5)24-45(43-31)23-26-18-19-30(37)46-32(26)38-25-39-46/h8-19,24-25H,6-7,20-23H2,1-5H3,(H,40,42,47). The average Bonchev–Trinajstić information content (AvgIpc) is 3.77. The number of nitrogens with zero attached hydrogens (tertiary/aromatic N) is 8. The van der Waals surface area contributed by atoms with Gasteiger partial charge < -0.3 is 14.1 Å². The number of rotatable bonds is 13. The maximum atomic E-state index is 12.3. The molecule has 6 rings (SSSR count). The normalized spacial score (nSPS) is 12.0. The van der Waals surface area contributed by atoms with Crippen LogP contribution in [0.5, 0.6) is 0 Å². The van der Waals surface area contributed by atoms with E-state index in [-0.39, 0.29) is 11.0 Å². The highest BCUT2D eigenvalue weighted by molar-refractivity contribution is 6.99. The van der Waals surface area contributed by atoms with E-state index in [1.54, 1.807) is 15.3 Å². The topological polar surface area (TPSA) is 125 Å². The molecule has 0 aliphatic heterocycles. The van der Waals surface area contributed by atoms with Gasteiger partial charge in [-0.15, -0.1) is 0 Å². The summed E-state index contributed by atoms with van der Waals surface area (Å²) >= 11 is 6.33. The number of halogens is 1. The van der Waals surface area contributed by atoms with Gasteiger partial charge in [-0.05, 0) is 27.9 Å². The van der Waals surface area contributed by atoms with Crippen molar-refractivity contribution in [3.63, 3.8) is 0 Å². The molecule has 6 aromatic rings. The minimum Gasteiger partial charge on any atom is -0.453 e. The van der Waals surface area contributed by atoms with Crippen molar-refractivity contribution in [3.8, 4) is 0 Å². The van der Waals surface area contributed by atoms with Gasteiger partial charge in [-0.25, -0.2) is 19.3 Å². The van der Waals surface area contributed by atoms with E-state index in [0.29, 0.717) is 53.9 Å². The number of amides is 1. The molecule has 0 saturated heterocycles. The lowest BCUT2D eigenvalue weighted by atomic mass is 10.2. The van der Waals surface area contributed by atoms with Crippen LogP contribution in [-0.2, 0) is 15.7 Å². The first-order valence-electron chi connectivity index (χ1n) is 16.7. The predicted molar refractivity (Wildman–Crippen MR) is 199 cm³/mol. The molecular weight excluding hydrogens is 670 g/mol. The number of benzene rings is 2. The maximum Gasteiger partial charge on any atom is 0.413 e. The number of nitrogens with one attached hydrogen (secondary N) is 1. The summed E-state index contributed by atoms with van der Waals surface area (Å²) in [5, 5.41) is 14.6. The highest BCUT2D eigenvalue weighted by atomic mass is 35.5. The molecule has 0 fully saturated rings. The smallest absolute Gasteiger partial charge is 0.413 e. The van der Waals surface area contributed by atoms with Crippen LogP contribution in [0.3, 0.4) is 0 Å². The quantitative estimate of drug-likeness (QED) is 0.115. The molecule has 1 amide bonds. The molecule has 14 heteroatoms. The fourth-order valence-corrected chi connectivity index (χ4v) is 11.2. The summed E-state index contributed by atoms with van der Waals surface area (Å²) in [7, 11) is -1.47. The number of unbranched alkanes of at least 4 members (excludes halogenated alkanes) is 1. The van der Waals surface area contributed by atoms with Crippen LogP contribution in [0.25, 0.3) is 16.7 Å². The van der Waals surface area contributed by atoms with Crippen molar-refractivity contribution >= 4 is 64.8 Å². The van der Waals surface area contributed by atoms with Crippen LogP contribution in [0.2, 0.25) is 10.2 Å². The number of aromatic nitrogens is 7. The van der Waals surface area contributed by atoms with E-state index in [1.165, 1.54) is 23.8 Å². The van der Waals surface area contributed by atoms with Crippen LogP contribution in [0.1, 0.15) is 46.1 Å². The van der Waals surface area contributed by atoms with Crippen molar-refractivity contribution in [2.75, 3.05) is 37.0 Å². The number of ether oxygens (including phenoxy) is 1. The van der Waals surface area contributed by atoms with Crippen molar-refractivity contribution < 1.29 is 14.0 Å². The molecule has 260 valence electrons. The van der Waals surface area contributed by atoms with E-state index in [4.69, 9.17) is 30.8 Å². The third-order valence-corrected chi connectivity index (χ3v) is 14.1. The van der Waals surface area contributed by atoms with E-state index in [2.05, 4.69) is 102 Å². The summed E-state index contributed by atoms with van der Waals surface area (Å²) in [6.07, 6.45) is 4.54. The number of hydrogen-bond acceptors (Lipinski definition) is 9. The van der Waals surface area contributed by atoms with Crippen molar-refractivity contribution in [1.82, 2.24) is 34.3 Å². The third-order valence-electron chi connectivity index (χ3n) is 8.76. The van der Waals surface area contributed by atoms with E-state index >= 15 is 0 Å². The van der Waals surface area contributed by atoms with Gasteiger partial charge in [-0.1, -0.05) is 112 Å². The molecule has 2 aromatic carbocycles. The van der Waals surface area contributed by atoms with Crippen LogP contribution >= 0.6 is 11.6 Å². The number of hydrogen-bond donors (Lipinski definition) is 1. The Hall–Kier alpha value is -4.85. The lowest BCUT2D eigenvalue weighted by molar-refractivity contribution is 0.186. The molecule has 1 N–H and O–H groups in total. The largest absolute Gasteiger partial charge is 0.453 e. The minimum absolute atomic E-state index is 0.125. The Kier molecular flexibility index (Phi) is 10.5. The summed E-state index contributed by atoms with van der Waals surface area (Å²) in [5.74, 6) is 0.725. The SMILES string of the molecule is CCCCN(CCO[Si](c1ccccc1)(c1ccccc1)C(C)(C)C)c1nc(NC(=O)OC)nc2cn(Cc3ccc(Cl)n4ncnc34)nc12. The number of carbonyl (C=O) groups excluding carboxylic acids is 1. The lowest BCUT2D eigenvalue weighted by Gasteiger charge is -2.43. The van der Waals surface area contributed by atoms with Crippen LogP contribution in [0.15, 0.2) is 85.3 Å². The van der Waals surface area contributed by atoms with Crippen molar-refractivity contribution in [3.05, 3.63) is 96.0 Å². The molecule has 0 bridgehead atoms. The zero-order valence-electron chi connectivity index (χ0n) is 29.0. The second-order valence-electron chi connectivity index (χ2n) is 13.1. The Morgan fingerprint density at radius 3 is 2.32 bits per heavy atom. The van der Waals surface area contributed by atoms with Crippen molar-refractivity contribution in [2.45, 2.75) is 52.1 Å². The van der Waals surface area contributed by atoms with Gasteiger partial charge in [0.1, 0.15) is 17.0 Å². The highest BCUT2D eigenvalue weighted by Gasteiger charge is 2.50. The Balaban J connectivity index is 1.38. The molecule has 0 spiro atoms. The zero-order chi connectivity index (χ0) is 35.3. The summed E-state index contributed by atoms with van der Waals surface area (Å²) < 4.78 is 15.5. The first kappa shape index (κ1) is 35.0. The third kappa shape index (κ3) is 7.07. The molecular formula is C36H42ClN9O3Si. The highest BCUT2D eigenvalue weighted by Crippen LogP contribution is 2.37. The van der Waals surface area contributed by atoms with Gasteiger partial charge in [-0.2, -0.15) is 15.2 Å². The summed E-state index contributed by atoms with van der Waals surface area (Å²) in [5.41, 5.74) is 2.70. The first-order chi connectivity index (χ1) is 24.1. The van der Waals surface area contributed by atoms with Crippen LogP contribution in [-0.4, -0.2) is 75.6 Å². The molecule has 0 aliphatic rings. The molecule has 50 heavy (non-hydrogen) atoms. The maximum absolute atomic E-state index is 12.3. The Morgan fingerprint density at radius 2 is 1.68 bits per heavy atom. The average molecular weight is 712 g/mol. The second-order valence-corrected chi connectivity index (χ2v) is 17.8. The van der Waals surface area contributed by atoms with Crippen molar-refractivity contribution in [1.29, 1.82) is 0 Å². The zero-order valence-corrected chi connectivity index (χ0v) is 30.8. The van der Waals surface area contributed by atoms with E-state index < -0.39 is 14.4 Å². The van der Waals surface area contributed by atoms with Gasteiger partial charge in [0.05, 0.1) is 26.5 Å². The van der Waals surface area contributed by atoms with Crippen molar-refractivity contribution in [2.24, 2.45) is 0 Å². The number of anilines is 2. The lowest BCUT2D eigenvalue weighted by Crippen LogP contribution is -2.67. The van der Waals surface area contributed by atoms with Gasteiger partial charge in [0, 0.05) is 18.7 Å². The Labute approximate surface area is 297 Å². The number of methoxy groups -OCH3 is 1. The molecule has 0 unspecified atom stereocenters. The molecule has 0 atom stereocenters. The fourth-order valence-electron chi connectivity index (χ4n) is 6.42. The fraction of sp³-hybridized carbons (Fsp3) is 0.333. The predicted octanol–water partition coefficient (Wildman–Crippen LogP) is 5.93. The van der Waals surface area contributed by atoms with Gasteiger partial charge in [0.25, 0.3) is 8.32 Å². The van der Waals surface area contributed by atoms with E-state index in [1.807, 2.05) is 24.4 Å².